The molecule has 0 saturated carbocycles. The van der Waals surface area contributed by atoms with Gasteiger partial charge in [0.25, 0.3) is 0 Å². The number of hydrogen-bond acceptors (Lipinski definition) is 3. The van der Waals surface area contributed by atoms with E-state index in [4.69, 9.17) is 11.0 Å². The Kier molecular flexibility index (Phi) is 4.30. The molecular weight excluding hydrogens is 302 g/mol. The van der Waals surface area contributed by atoms with Crippen molar-refractivity contribution in [1.29, 1.82) is 5.26 Å². The molecule has 3 rings (SSSR count). The largest absolute Gasteiger partial charge is 0.366 e. The second-order valence-electron chi connectivity index (χ2n) is 5.97. The Hall–Kier alpha value is -3.13. The van der Waals surface area contributed by atoms with Crippen LogP contribution in [0.25, 0.3) is 0 Å². The molecule has 0 aromatic heterocycles. The van der Waals surface area contributed by atoms with Crippen LogP contribution >= 0.6 is 0 Å². The molecule has 0 spiro atoms. The van der Waals surface area contributed by atoms with Crippen LogP contribution in [0.2, 0.25) is 0 Å². The van der Waals surface area contributed by atoms with Gasteiger partial charge in [0.2, 0.25) is 11.8 Å². The van der Waals surface area contributed by atoms with Crippen molar-refractivity contribution in [2.45, 2.75) is 12.3 Å². The smallest absolute Gasteiger partial charge is 0.248 e. The summed E-state index contributed by atoms with van der Waals surface area (Å²) in [5.74, 6) is -0.0634. The number of likely N-dealkylation sites (tertiary alicyclic amines) is 1. The summed E-state index contributed by atoms with van der Waals surface area (Å²) in [6.45, 7) is 1.40. The van der Waals surface area contributed by atoms with Crippen LogP contribution in [0, 0.1) is 11.3 Å². The van der Waals surface area contributed by atoms with Gasteiger partial charge in [0, 0.05) is 24.6 Å². The van der Waals surface area contributed by atoms with Crippen LogP contribution in [-0.2, 0) is 11.2 Å². The zero-order chi connectivity index (χ0) is 17.1. The molecule has 1 aliphatic rings. The van der Waals surface area contributed by atoms with Gasteiger partial charge in [-0.3, -0.25) is 9.59 Å². The van der Waals surface area contributed by atoms with E-state index >= 15 is 0 Å². The van der Waals surface area contributed by atoms with Crippen LogP contribution < -0.4 is 5.73 Å². The third kappa shape index (κ3) is 3.28. The van der Waals surface area contributed by atoms with Gasteiger partial charge in [0.15, 0.2) is 0 Å². The van der Waals surface area contributed by atoms with Gasteiger partial charge in [-0.1, -0.05) is 24.3 Å². The predicted molar refractivity (Wildman–Crippen MR) is 89.1 cm³/mol. The van der Waals surface area contributed by atoms with Crippen LogP contribution in [0.1, 0.15) is 33.0 Å². The molecule has 2 aromatic rings. The molecule has 0 atom stereocenters. The van der Waals surface area contributed by atoms with Gasteiger partial charge in [-0.25, -0.2) is 0 Å². The minimum absolute atomic E-state index is 0.0757. The van der Waals surface area contributed by atoms with E-state index in [2.05, 4.69) is 6.07 Å². The molecular formula is C19H17N3O2. The molecule has 1 saturated heterocycles. The highest BCUT2D eigenvalue weighted by Crippen LogP contribution is 2.27. The van der Waals surface area contributed by atoms with E-state index in [9.17, 15) is 9.59 Å². The second kappa shape index (κ2) is 6.55. The summed E-state index contributed by atoms with van der Waals surface area (Å²) in [4.78, 5) is 25.1. The van der Waals surface area contributed by atoms with Gasteiger partial charge >= 0.3 is 0 Å². The van der Waals surface area contributed by atoms with E-state index in [1.165, 1.54) is 0 Å². The SMILES string of the molecule is N#Cc1ccc(C2CN(C(=O)Cc3ccc(C(N)=O)cc3)C2)cc1. The van der Waals surface area contributed by atoms with Crippen LogP contribution in [0.5, 0.6) is 0 Å². The normalized spacial score (nSPS) is 13.9. The van der Waals surface area contributed by atoms with Crippen molar-refractivity contribution in [1.82, 2.24) is 4.90 Å². The van der Waals surface area contributed by atoms with Crippen molar-refractivity contribution in [2.75, 3.05) is 13.1 Å². The Balaban J connectivity index is 1.54. The summed E-state index contributed by atoms with van der Waals surface area (Å²) >= 11 is 0. The third-order valence-electron chi connectivity index (χ3n) is 4.34. The highest BCUT2D eigenvalue weighted by Gasteiger charge is 2.31. The van der Waals surface area contributed by atoms with Crippen molar-refractivity contribution in [2.24, 2.45) is 5.73 Å². The monoisotopic (exact) mass is 319 g/mol. The number of rotatable bonds is 4. The van der Waals surface area contributed by atoms with Crippen molar-refractivity contribution in [3.05, 3.63) is 70.8 Å². The first-order chi connectivity index (χ1) is 11.6. The molecule has 2 amide bonds. The summed E-state index contributed by atoms with van der Waals surface area (Å²) in [6.07, 6.45) is 0.319. The van der Waals surface area contributed by atoms with Gasteiger partial charge in [-0.2, -0.15) is 5.26 Å². The predicted octanol–water partition coefficient (Wildman–Crippen LogP) is 1.83. The Labute approximate surface area is 140 Å². The first-order valence-corrected chi connectivity index (χ1v) is 7.73. The van der Waals surface area contributed by atoms with Gasteiger partial charge in [-0.05, 0) is 35.4 Å². The number of primary amides is 1. The van der Waals surface area contributed by atoms with Crippen LogP contribution in [0.4, 0.5) is 0 Å². The van der Waals surface area contributed by atoms with Crippen LogP contribution in [0.15, 0.2) is 48.5 Å². The van der Waals surface area contributed by atoms with E-state index in [0.717, 1.165) is 11.1 Å². The average Bonchev–Trinajstić information content (AvgIpc) is 2.54. The number of nitrogens with zero attached hydrogens (tertiary/aromatic N) is 2. The number of nitriles is 1. The summed E-state index contributed by atoms with van der Waals surface area (Å²) < 4.78 is 0. The van der Waals surface area contributed by atoms with E-state index in [1.807, 2.05) is 17.0 Å². The molecule has 120 valence electrons. The second-order valence-corrected chi connectivity index (χ2v) is 5.97. The maximum absolute atomic E-state index is 12.3. The lowest BCUT2D eigenvalue weighted by Gasteiger charge is -2.39. The van der Waals surface area contributed by atoms with Crippen molar-refractivity contribution in [3.63, 3.8) is 0 Å². The molecule has 1 aliphatic heterocycles. The first-order valence-electron chi connectivity index (χ1n) is 7.73. The van der Waals surface area contributed by atoms with Crippen molar-refractivity contribution >= 4 is 11.8 Å². The fourth-order valence-electron chi connectivity index (χ4n) is 2.80. The lowest BCUT2D eigenvalue weighted by atomic mass is 9.90. The molecule has 2 aromatic carbocycles. The summed E-state index contributed by atoms with van der Waals surface area (Å²) in [7, 11) is 0. The molecule has 5 nitrogen and oxygen atoms in total. The summed E-state index contributed by atoms with van der Waals surface area (Å²) in [5, 5.41) is 8.81. The average molecular weight is 319 g/mol. The number of amides is 2. The van der Waals surface area contributed by atoms with Crippen LogP contribution in [0.3, 0.4) is 0 Å². The fourth-order valence-corrected chi connectivity index (χ4v) is 2.80. The number of benzene rings is 2. The topological polar surface area (TPSA) is 87.2 Å². The molecule has 0 radical (unpaired) electrons. The van der Waals surface area contributed by atoms with Gasteiger partial charge in [0.1, 0.15) is 0 Å². The van der Waals surface area contributed by atoms with Crippen LogP contribution in [-0.4, -0.2) is 29.8 Å². The molecule has 0 bridgehead atoms. The zero-order valence-electron chi connectivity index (χ0n) is 13.1. The highest BCUT2D eigenvalue weighted by atomic mass is 16.2. The standard InChI is InChI=1S/C19H17N3O2/c20-10-14-3-5-15(6-4-14)17-11-22(12-17)18(23)9-13-1-7-16(8-2-13)19(21)24/h1-8,17H,9,11-12H2,(H2,21,24). The highest BCUT2D eigenvalue weighted by molar-refractivity contribution is 5.92. The molecule has 0 unspecified atom stereocenters. The Morgan fingerprint density at radius 2 is 1.71 bits per heavy atom. The van der Waals surface area contributed by atoms with E-state index < -0.39 is 5.91 Å². The number of carbonyl (C=O) groups is 2. The lowest BCUT2D eigenvalue weighted by Crippen LogP contribution is -2.49. The van der Waals surface area contributed by atoms with Gasteiger partial charge in [-0.15, -0.1) is 0 Å². The Morgan fingerprint density at radius 3 is 2.25 bits per heavy atom. The minimum atomic E-state index is -0.471. The maximum Gasteiger partial charge on any atom is 0.248 e. The third-order valence-corrected chi connectivity index (χ3v) is 4.34. The van der Waals surface area contributed by atoms with Gasteiger partial charge < -0.3 is 10.6 Å². The van der Waals surface area contributed by atoms with E-state index in [0.29, 0.717) is 36.6 Å². The Morgan fingerprint density at radius 1 is 1.08 bits per heavy atom. The van der Waals surface area contributed by atoms with E-state index in [-0.39, 0.29) is 5.91 Å². The quantitative estimate of drug-likeness (QED) is 0.932. The summed E-state index contributed by atoms with van der Waals surface area (Å²) in [6, 6.07) is 16.4. The minimum Gasteiger partial charge on any atom is -0.366 e. The molecule has 5 heteroatoms. The van der Waals surface area contributed by atoms with Crippen molar-refractivity contribution in [3.8, 4) is 6.07 Å². The summed E-state index contributed by atoms with van der Waals surface area (Å²) in [5.41, 5.74) is 8.31. The zero-order valence-corrected chi connectivity index (χ0v) is 13.1. The van der Waals surface area contributed by atoms with Gasteiger partial charge in [0.05, 0.1) is 18.1 Å². The molecule has 1 heterocycles. The Bertz CT molecular complexity index is 798. The van der Waals surface area contributed by atoms with E-state index in [1.54, 1.807) is 36.4 Å². The number of hydrogen-bond donors (Lipinski definition) is 1. The lowest BCUT2D eigenvalue weighted by molar-refractivity contribution is -0.134. The molecule has 2 N–H and O–H groups in total. The molecule has 1 fully saturated rings. The fraction of sp³-hybridized carbons (Fsp3) is 0.211. The number of carbonyl (C=O) groups excluding carboxylic acids is 2. The number of nitrogens with two attached hydrogens (primary N) is 1. The first kappa shape index (κ1) is 15.8. The molecule has 24 heavy (non-hydrogen) atoms. The maximum atomic E-state index is 12.3. The molecule has 0 aliphatic carbocycles. The van der Waals surface area contributed by atoms with Crippen molar-refractivity contribution < 1.29 is 9.59 Å².